The second-order valence-electron chi connectivity index (χ2n) is 7.08. The van der Waals surface area contributed by atoms with Gasteiger partial charge in [0, 0.05) is 50.1 Å². The quantitative estimate of drug-likeness (QED) is 0.735. The maximum Gasteiger partial charge on any atom is 0.236 e. The van der Waals surface area contributed by atoms with Gasteiger partial charge in [-0.15, -0.1) is 11.8 Å². The molecule has 4 nitrogen and oxygen atoms in total. The first kappa shape index (κ1) is 20.5. The van der Waals surface area contributed by atoms with Crippen LogP contribution in [0.2, 0.25) is 0 Å². The Morgan fingerprint density at radius 1 is 1.12 bits per heavy atom. The molecule has 0 unspecified atom stereocenters. The smallest absolute Gasteiger partial charge is 0.236 e. The fourth-order valence-electron chi connectivity index (χ4n) is 2.68. The second kappa shape index (κ2) is 8.70. The molecule has 1 fully saturated rings. The Hall–Kier alpha value is -1.84. The lowest BCUT2D eigenvalue weighted by Gasteiger charge is -2.35. The molecule has 0 bridgehead atoms. The Morgan fingerprint density at radius 3 is 2.31 bits per heavy atom. The fourth-order valence-corrected chi connectivity index (χ4v) is 4.07. The van der Waals surface area contributed by atoms with Crippen LogP contribution < -0.4 is 4.90 Å². The van der Waals surface area contributed by atoms with Crippen molar-refractivity contribution in [3.63, 3.8) is 0 Å². The number of piperazine rings is 1. The summed E-state index contributed by atoms with van der Waals surface area (Å²) in [5, 5.41) is 1.31. The molecule has 1 aliphatic rings. The van der Waals surface area contributed by atoms with Gasteiger partial charge in [-0.3, -0.25) is 0 Å². The molecular formula is C20H27FN2O2S. The summed E-state index contributed by atoms with van der Waals surface area (Å²) < 4.78 is 39.7. The summed E-state index contributed by atoms with van der Waals surface area (Å²) in [7, 11) is -3.44. The van der Waals surface area contributed by atoms with Crippen molar-refractivity contribution in [2.24, 2.45) is 5.41 Å². The number of sulfonamides is 1. The Balaban J connectivity index is 1.96. The summed E-state index contributed by atoms with van der Waals surface area (Å²) in [6.07, 6.45) is 3.17. The third-order valence-electron chi connectivity index (χ3n) is 4.33. The van der Waals surface area contributed by atoms with Gasteiger partial charge in [0.2, 0.25) is 10.0 Å². The highest BCUT2D eigenvalue weighted by atomic mass is 32.2. The normalized spacial score (nSPS) is 16.5. The van der Waals surface area contributed by atoms with E-state index >= 15 is 0 Å². The van der Waals surface area contributed by atoms with Crippen LogP contribution in [0, 0.1) is 23.1 Å². The van der Waals surface area contributed by atoms with Crippen LogP contribution in [-0.2, 0) is 10.0 Å². The van der Waals surface area contributed by atoms with E-state index in [1.165, 1.54) is 21.8 Å². The molecule has 0 saturated carbocycles. The van der Waals surface area contributed by atoms with Gasteiger partial charge in [-0.05, 0) is 29.7 Å². The van der Waals surface area contributed by atoms with Crippen LogP contribution in [0.1, 0.15) is 33.6 Å². The van der Waals surface area contributed by atoms with Gasteiger partial charge in [0.1, 0.15) is 5.82 Å². The monoisotopic (exact) mass is 378 g/mol. The number of rotatable bonds is 5. The molecule has 0 aliphatic carbocycles. The molecule has 1 saturated heterocycles. The summed E-state index contributed by atoms with van der Waals surface area (Å²) in [4.78, 5) is 2.07. The highest BCUT2D eigenvalue weighted by molar-refractivity contribution is 7.92. The van der Waals surface area contributed by atoms with Crippen molar-refractivity contribution >= 4 is 15.7 Å². The van der Waals surface area contributed by atoms with Crippen molar-refractivity contribution in [3.05, 3.63) is 41.6 Å². The molecule has 1 aliphatic heterocycles. The molecule has 1 heterocycles. The first-order valence-electron chi connectivity index (χ1n) is 8.89. The molecule has 2 rings (SSSR count). The number of allylic oxidation sites excluding steroid dienone is 1. The van der Waals surface area contributed by atoms with Gasteiger partial charge >= 0.3 is 0 Å². The van der Waals surface area contributed by atoms with Crippen LogP contribution in [-0.4, -0.2) is 38.9 Å². The third kappa shape index (κ3) is 5.86. The summed E-state index contributed by atoms with van der Waals surface area (Å²) in [6.45, 7) is 7.96. The molecule has 0 spiro atoms. The van der Waals surface area contributed by atoms with E-state index in [0.29, 0.717) is 32.6 Å². The van der Waals surface area contributed by atoms with Crippen LogP contribution in [0.3, 0.4) is 0 Å². The first-order valence-corrected chi connectivity index (χ1v) is 10.4. The van der Waals surface area contributed by atoms with Crippen molar-refractivity contribution in [2.45, 2.75) is 33.6 Å². The van der Waals surface area contributed by atoms with Gasteiger partial charge < -0.3 is 4.90 Å². The third-order valence-corrected chi connectivity index (χ3v) is 5.89. The van der Waals surface area contributed by atoms with Crippen LogP contribution in [0.15, 0.2) is 35.7 Å². The highest BCUT2D eigenvalue weighted by Gasteiger charge is 2.26. The van der Waals surface area contributed by atoms with E-state index in [1.54, 1.807) is 18.2 Å². The van der Waals surface area contributed by atoms with E-state index in [4.69, 9.17) is 0 Å². The molecule has 142 valence electrons. The number of hydrogen-bond acceptors (Lipinski definition) is 3. The number of halogens is 1. The first-order chi connectivity index (χ1) is 12.2. The second-order valence-corrected chi connectivity index (χ2v) is 8.90. The van der Waals surface area contributed by atoms with Crippen molar-refractivity contribution in [1.82, 2.24) is 4.31 Å². The zero-order valence-electron chi connectivity index (χ0n) is 15.7. The van der Waals surface area contributed by atoms with Crippen LogP contribution in [0.5, 0.6) is 0 Å². The van der Waals surface area contributed by atoms with Crippen molar-refractivity contribution in [3.8, 4) is 11.8 Å². The molecule has 1 aromatic rings. The minimum absolute atomic E-state index is 0.272. The fraction of sp³-hybridized carbons (Fsp3) is 0.500. The minimum Gasteiger partial charge on any atom is -0.369 e. The predicted octanol–water partition coefficient (Wildman–Crippen LogP) is 3.62. The largest absolute Gasteiger partial charge is 0.369 e. The molecule has 0 atom stereocenters. The molecule has 0 aromatic heterocycles. The molecule has 1 aromatic carbocycles. The van der Waals surface area contributed by atoms with E-state index in [9.17, 15) is 12.8 Å². The lowest BCUT2D eigenvalue weighted by Crippen LogP contribution is -2.48. The van der Waals surface area contributed by atoms with E-state index < -0.39 is 10.0 Å². The van der Waals surface area contributed by atoms with Gasteiger partial charge in [-0.2, -0.15) is 4.31 Å². The maximum atomic E-state index is 13.0. The maximum absolute atomic E-state index is 13.0. The average Bonchev–Trinajstić information content (AvgIpc) is 2.61. The zero-order valence-corrected chi connectivity index (χ0v) is 16.5. The zero-order chi connectivity index (χ0) is 19.2. The van der Waals surface area contributed by atoms with Gasteiger partial charge in [0.25, 0.3) is 0 Å². The van der Waals surface area contributed by atoms with Crippen LogP contribution >= 0.6 is 0 Å². The highest BCUT2D eigenvalue weighted by Crippen LogP contribution is 2.23. The predicted molar refractivity (Wildman–Crippen MR) is 105 cm³/mol. The molecule has 6 heteroatoms. The number of anilines is 1. The van der Waals surface area contributed by atoms with Gasteiger partial charge in [-0.1, -0.05) is 26.8 Å². The average molecular weight is 379 g/mol. The molecule has 0 N–H and O–H groups in total. The molecular weight excluding hydrogens is 351 g/mol. The van der Waals surface area contributed by atoms with Crippen molar-refractivity contribution < 1.29 is 12.8 Å². The molecule has 0 radical (unpaired) electrons. The number of hydrogen-bond donors (Lipinski definition) is 0. The Bertz CT molecular complexity index is 781. The van der Waals surface area contributed by atoms with E-state index in [1.807, 2.05) is 20.8 Å². The van der Waals surface area contributed by atoms with Gasteiger partial charge in [0.05, 0.1) is 0 Å². The van der Waals surface area contributed by atoms with E-state index in [0.717, 1.165) is 12.1 Å². The van der Waals surface area contributed by atoms with Gasteiger partial charge in [-0.25, -0.2) is 12.8 Å². The summed E-state index contributed by atoms with van der Waals surface area (Å²) in [5.41, 5.74) is 0.625. The standard InChI is InChI=1S/C20H27FN2O2S/c1-4-5-6-11-20(2,3)12-17-26(24,25)23-15-13-22(14-16-23)19-9-7-18(21)8-10-19/h7-10,12,17H,4,11,13-16H2,1-3H3/b17-12+. The Kier molecular flexibility index (Phi) is 6.85. The summed E-state index contributed by atoms with van der Waals surface area (Å²) in [5.74, 6) is 5.82. The summed E-state index contributed by atoms with van der Waals surface area (Å²) >= 11 is 0. The van der Waals surface area contributed by atoms with E-state index in [-0.39, 0.29) is 11.2 Å². The SMILES string of the molecule is CCC#CCC(C)(C)/C=C/S(=O)(=O)N1CCN(c2ccc(F)cc2)CC1. The van der Waals surface area contributed by atoms with E-state index in [2.05, 4.69) is 16.7 Å². The lowest BCUT2D eigenvalue weighted by molar-refractivity contribution is 0.389. The van der Waals surface area contributed by atoms with Crippen LogP contribution in [0.25, 0.3) is 0 Å². The van der Waals surface area contributed by atoms with Gasteiger partial charge in [0.15, 0.2) is 0 Å². The Labute approximate surface area is 156 Å². The Morgan fingerprint density at radius 2 is 1.73 bits per heavy atom. The molecule has 26 heavy (non-hydrogen) atoms. The number of benzene rings is 1. The van der Waals surface area contributed by atoms with Crippen molar-refractivity contribution in [1.29, 1.82) is 0 Å². The minimum atomic E-state index is -3.44. The lowest BCUT2D eigenvalue weighted by atomic mass is 9.90. The number of nitrogens with zero attached hydrogens (tertiary/aromatic N) is 2. The van der Waals surface area contributed by atoms with Crippen molar-refractivity contribution in [2.75, 3.05) is 31.1 Å². The topological polar surface area (TPSA) is 40.6 Å². The molecule has 0 amide bonds. The van der Waals surface area contributed by atoms with Crippen LogP contribution in [0.4, 0.5) is 10.1 Å². The summed E-state index contributed by atoms with van der Waals surface area (Å²) in [6, 6.07) is 6.29.